The molecule has 2 atom stereocenters. The Morgan fingerprint density at radius 1 is 1.24 bits per heavy atom. The number of benzene rings is 1. The maximum atomic E-state index is 9.36. The summed E-state index contributed by atoms with van der Waals surface area (Å²) in [6, 6.07) is 10.6. The van der Waals surface area contributed by atoms with Gasteiger partial charge in [0.2, 0.25) is 0 Å². The summed E-state index contributed by atoms with van der Waals surface area (Å²) in [5.41, 5.74) is 0.773. The molecular weight excluding hydrogens is 260 g/mol. The fourth-order valence-corrected chi connectivity index (χ4v) is 2.34. The minimum Gasteiger partial charge on any atom is -0.491 e. The molecule has 3 heteroatoms. The van der Waals surface area contributed by atoms with Crippen LogP contribution in [0.5, 0.6) is 5.75 Å². The van der Waals surface area contributed by atoms with Crippen molar-refractivity contribution in [3.05, 3.63) is 29.8 Å². The Morgan fingerprint density at radius 3 is 2.33 bits per heavy atom. The van der Waals surface area contributed by atoms with E-state index in [0.29, 0.717) is 12.3 Å². The first-order valence-corrected chi connectivity index (χ1v) is 7.83. The highest BCUT2D eigenvalue weighted by Crippen LogP contribution is 2.21. The van der Waals surface area contributed by atoms with Crippen molar-refractivity contribution in [3.63, 3.8) is 0 Å². The van der Waals surface area contributed by atoms with Crippen LogP contribution in [-0.4, -0.2) is 18.2 Å². The molecule has 0 amide bonds. The average Bonchev–Trinajstić information content (AvgIpc) is 2.45. The van der Waals surface area contributed by atoms with Gasteiger partial charge in [-0.05, 0) is 50.4 Å². The SMILES string of the molecule is CCCNC(C)(C#N)CC(C)Oc1ccc(C(C)C)cc1. The number of hydrogen-bond donors (Lipinski definition) is 1. The molecule has 0 heterocycles. The summed E-state index contributed by atoms with van der Waals surface area (Å²) >= 11 is 0. The van der Waals surface area contributed by atoms with E-state index in [4.69, 9.17) is 4.74 Å². The van der Waals surface area contributed by atoms with Crippen molar-refractivity contribution >= 4 is 0 Å². The van der Waals surface area contributed by atoms with Crippen molar-refractivity contribution in [2.45, 2.75) is 65.0 Å². The summed E-state index contributed by atoms with van der Waals surface area (Å²) in [7, 11) is 0. The zero-order valence-corrected chi connectivity index (χ0v) is 13.9. The molecule has 1 aromatic carbocycles. The Morgan fingerprint density at radius 2 is 1.86 bits per heavy atom. The standard InChI is InChI=1S/C18H28N2O/c1-6-11-20-18(5,13-19)12-15(4)21-17-9-7-16(8-10-17)14(2)3/h7-10,14-15,20H,6,11-12H2,1-5H3. The van der Waals surface area contributed by atoms with Crippen LogP contribution in [0.2, 0.25) is 0 Å². The first-order chi connectivity index (χ1) is 9.90. The van der Waals surface area contributed by atoms with Crippen LogP contribution < -0.4 is 10.1 Å². The first-order valence-electron chi connectivity index (χ1n) is 7.83. The van der Waals surface area contributed by atoms with E-state index < -0.39 is 5.54 Å². The van der Waals surface area contributed by atoms with Crippen LogP contribution in [-0.2, 0) is 0 Å². The highest BCUT2D eigenvalue weighted by atomic mass is 16.5. The molecular formula is C18H28N2O. The second-order valence-electron chi connectivity index (χ2n) is 6.23. The molecule has 1 N–H and O–H groups in total. The topological polar surface area (TPSA) is 45.0 Å². The summed E-state index contributed by atoms with van der Waals surface area (Å²) in [5.74, 6) is 1.39. The number of ether oxygens (including phenoxy) is 1. The second-order valence-corrected chi connectivity index (χ2v) is 6.23. The summed E-state index contributed by atoms with van der Waals surface area (Å²) in [6.45, 7) is 11.2. The van der Waals surface area contributed by atoms with Gasteiger partial charge < -0.3 is 4.74 Å². The van der Waals surface area contributed by atoms with Crippen molar-refractivity contribution in [2.24, 2.45) is 0 Å². The number of hydrogen-bond acceptors (Lipinski definition) is 3. The predicted octanol–water partition coefficient (Wildman–Crippen LogP) is 4.25. The molecule has 0 saturated heterocycles. The van der Waals surface area contributed by atoms with Gasteiger partial charge in [-0.1, -0.05) is 32.9 Å². The monoisotopic (exact) mass is 288 g/mol. The van der Waals surface area contributed by atoms with Crippen LogP contribution in [0, 0.1) is 11.3 Å². The quantitative estimate of drug-likeness (QED) is 0.777. The van der Waals surface area contributed by atoms with E-state index in [0.717, 1.165) is 18.7 Å². The molecule has 0 radical (unpaired) electrons. The van der Waals surface area contributed by atoms with Gasteiger partial charge in [-0.2, -0.15) is 5.26 Å². The van der Waals surface area contributed by atoms with Crippen molar-refractivity contribution in [2.75, 3.05) is 6.54 Å². The molecule has 21 heavy (non-hydrogen) atoms. The summed E-state index contributed by atoms with van der Waals surface area (Å²) in [4.78, 5) is 0. The highest BCUT2D eigenvalue weighted by Gasteiger charge is 2.26. The van der Waals surface area contributed by atoms with Gasteiger partial charge in [0.1, 0.15) is 11.3 Å². The Labute approximate surface area is 129 Å². The molecule has 2 unspecified atom stereocenters. The second kappa shape index (κ2) is 8.05. The predicted molar refractivity (Wildman–Crippen MR) is 87.5 cm³/mol. The minimum absolute atomic E-state index is 0.0103. The summed E-state index contributed by atoms with van der Waals surface area (Å²) < 4.78 is 5.94. The van der Waals surface area contributed by atoms with Crippen molar-refractivity contribution < 1.29 is 4.74 Å². The first kappa shape index (κ1) is 17.5. The number of nitrogens with zero attached hydrogens (tertiary/aromatic N) is 1. The van der Waals surface area contributed by atoms with Crippen LogP contribution in [0.15, 0.2) is 24.3 Å². The van der Waals surface area contributed by atoms with E-state index in [1.807, 2.05) is 26.0 Å². The maximum absolute atomic E-state index is 9.36. The lowest BCUT2D eigenvalue weighted by atomic mass is 9.96. The summed E-state index contributed by atoms with van der Waals surface area (Å²) in [6.07, 6.45) is 1.67. The van der Waals surface area contributed by atoms with Gasteiger partial charge in [-0.3, -0.25) is 5.32 Å². The largest absolute Gasteiger partial charge is 0.491 e. The Balaban J connectivity index is 2.60. The average molecular weight is 288 g/mol. The molecule has 3 nitrogen and oxygen atoms in total. The molecule has 0 bridgehead atoms. The third-order valence-corrected chi connectivity index (χ3v) is 3.59. The van der Waals surface area contributed by atoms with E-state index in [2.05, 4.69) is 44.3 Å². The highest BCUT2D eigenvalue weighted by molar-refractivity contribution is 5.29. The minimum atomic E-state index is -0.534. The lowest BCUT2D eigenvalue weighted by Crippen LogP contribution is -2.44. The summed E-state index contributed by atoms with van der Waals surface area (Å²) in [5, 5.41) is 12.7. The third kappa shape index (κ3) is 5.77. The van der Waals surface area contributed by atoms with Crippen LogP contribution in [0.4, 0.5) is 0 Å². The lowest BCUT2D eigenvalue weighted by molar-refractivity contribution is 0.180. The Bertz CT molecular complexity index is 461. The molecule has 0 aliphatic carbocycles. The van der Waals surface area contributed by atoms with E-state index in [-0.39, 0.29) is 6.10 Å². The van der Waals surface area contributed by atoms with E-state index in [1.165, 1.54) is 5.56 Å². The molecule has 0 aliphatic rings. The van der Waals surface area contributed by atoms with E-state index in [1.54, 1.807) is 0 Å². The third-order valence-electron chi connectivity index (χ3n) is 3.59. The molecule has 0 aromatic heterocycles. The van der Waals surface area contributed by atoms with Crippen molar-refractivity contribution in [1.82, 2.24) is 5.32 Å². The molecule has 1 aromatic rings. The number of rotatable bonds is 8. The lowest BCUT2D eigenvalue weighted by Gasteiger charge is -2.27. The fraction of sp³-hybridized carbons (Fsp3) is 0.611. The van der Waals surface area contributed by atoms with Gasteiger partial charge in [0.25, 0.3) is 0 Å². The van der Waals surface area contributed by atoms with Gasteiger partial charge in [0.15, 0.2) is 0 Å². The van der Waals surface area contributed by atoms with Crippen molar-refractivity contribution in [3.8, 4) is 11.8 Å². The van der Waals surface area contributed by atoms with E-state index in [9.17, 15) is 5.26 Å². The fourth-order valence-electron chi connectivity index (χ4n) is 2.34. The maximum Gasteiger partial charge on any atom is 0.119 e. The van der Waals surface area contributed by atoms with Crippen LogP contribution in [0.25, 0.3) is 0 Å². The van der Waals surface area contributed by atoms with Gasteiger partial charge in [0.05, 0.1) is 12.2 Å². The smallest absolute Gasteiger partial charge is 0.119 e. The number of nitrogens with one attached hydrogen (secondary N) is 1. The van der Waals surface area contributed by atoms with Crippen LogP contribution >= 0.6 is 0 Å². The molecule has 0 spiro atoms. The molecule has 0 fully saturated rings. The van der Waals surface area contributed by atoms with Gasteiger partial charge in [-0.25, -0.2) is 0 Å². The van der Waals surface area contributed by atoms with Gasteiger partial charge in [-0.15, -0.1) is 0 Å². The van der Waals surface area contributed by atoms with E-state index >= 15 is 0 Å². The molecule has 1 rings (SSSR count). The zero-order chi connectivity index (χ0) is 15.9. The van der Waals surface area contributed by atoms with Crippen LogP contribution in [0.3, 0.4) is 0 Å². The Kier molecular flexibility index (Phi) is 6.71. The molecule has 0 saturated carbocycles. The molecule has 0 aliphatic heterocycles. The molecule has 116 valence electrons. The van der Waals surface area contributed by atoms with Gasteiger partial charge in [0, 0.05) is 6.42 Å². The van der Waals surface area contributed by atoms with Crippen molar-refractivity contribution in [1.29, 1.82) is 5.26 Å². The van der Waals surface area contributed by atoms with Gasteiger partial charge >= 0.3 is 0 Å². The Hall–Kier alpha value is -1.53. The van der Waals surface area contributed by atoms with Crippen LogP contribution in [0.1, 0.15) is 58.9 Å². The zero-order valence-electron chi connectivity index (χ0n) is 13.9. The normalized spacial score (nSPS) is 15.3. The number of nitriles is 1.